The Kier molecular flexibility index (Phi) is 6.37. The van der Waals surface area contributed by atoms with E-state index in [9.17, 15) is 9.90 Å². The maximum atomic E-state index is 13.7. The summed E-state index contributed by atoms with van der Waals surface area (Å²) in [6.07, 6.45) is 9.98. The van der Waals surface area contributed by atoms with Crippen LogP contribution in [0.4, 0.5) is 11.6 Å². The maximum Gasteiger partial charge on any atom is 0.234 e. The van der Waals surface area contributed by atoms with E-state index in [0.717, 1.165) is 65.9 Å². The number of nitrogens with zero attached hydrogens (tertiary/aromatic N) is 5. The molecule has 1 unspecified atom stereocenters. The largest absolute Gasteiger partial charge is 0.477 e. The highest BCUT2D eigenvalue weighted by Gasteiger charge is 2.34. The summed E-state index contributed by atoms with van der Waals surface area (Å²) in [6.45, 7) is 3.33. The topological polar surface area (TPSA) is 119 Å². The van der Waals surface area contributed by atoms with Crippen LogP contribution >= 0.6 is 0 Å². The maximum absolute atomic E-state index is 13.7. The number of aryl methyl sites for hydroxylation is 1. The number of carbonyl (C=O) groups is 1. The van der Waals surface area contributed by atoms with E-state index in [0.29, 0.717) is 36.7 Å². The second-order valence-corrected chi connectivity index (χ2v) is 12.0. The lowest BCUT2D eigenvalue weighted by Gasteiger charge is -2.32. The third kappa shape index (κ3) is 4.89. The first kappa shape index (κ1) is 25.3. The van der Waals surface area contributed by atoms with E-state index < -0.39 is 0 Å². The van der Waals surface area contributed by atoms with Gasteiger partial charge in [-0.2, -0.15) is 5.10 Å². The van der Waals surface area contributed by atoms with Gasteiger partial charge in [0.25, 0.3) is 0 Å². The molecule has 3 aromatic rings. The number of imidazole rings is 1. The summed E-state index contributed by atoms with van der Waals surface area (Å²) in [5.41, 5.74) is 5.38. The van der Waals surface area contributed by atoms with Gasteiger partial charge >= 0.3 is 0 Å². The van der Waals surface area contributed by atoms with Crippen molar-refractivity contribution in [3.8, 4) is 5.88 Å². The molecule has 3 N–H and O–H groups in total. The van der Waals surface area contributed by atoms with Crippen molar-refractivity contribution >= 4 is 34.3 Å². The van der Waals surface area contributed by atoms with Crippen LogP contribution in [0.1, 0.15) is 57.4 Å². The molecule has 2 atom stereocenters. The van der Waals surface area contributed by atoms with Gasteiger partial charge in [0.05, 0.1) is 47.1 Å². The number of carbonyl (C=O) groups excluding carboxylic acids is 1. The molecule has 0 saturated heterocycles. The fraction of sp³-hybridized carbons (Fsp3) is 0.533. The number of amides is 1. The molecular weight excluding hydrogens is 506 g/mol. The first-order chi connectivity index (χ1) is 19.4. The van der Waals surface area contributed by atoms with Gasteiger partial charge in [0.1, 0.15) is 0 Å². The van der Waals surface area contributed by atoms with E-state index in [1.807, 2.05) is 32.2 Å². The summed E-state index contributed by atoms with van der Waals surface area (Å²) in [4.78, 5) is 23.4. The summed E-state index contributed by atoms with van der Waals surface area (Å²) in [5.74, 6) is 2.00. The number of allylic oxidation sites excluding steroid dienone is 1. The Balaban J connectivity index is 1.25. The van der Waals surface area contributed by atoms with E-state index in [2.05, 4.69) is 26.4 Å². The van der Waals surface area contributed by atoms with Gasteiger partial charge in [-0.3, -0.25) is 15.1 Å². The molecule has 2 saturated carbocycles. The Bertz CT molecular complexity index is 1510. The molecule has 4 heterocycles. The molecule has 10 heteroatoms. The normalized spacial score (nSPS) is 27.1. The summed E-state index contributed by atoms with van der Waals surface area (Å²) >= 11 is 0. The third-order valence-corrected chi connectivity index (χ3v) is 8.83. The number of hydrogen-bond acceptors (Lipinski definition) is 7. The Morgan fingerprint density at radius 3 is 2.83 bits per heavy atom. The second-order valence-electron chi connectivity index (χ2n) is 12.0. The Labute approximate surface area is 233 Å². The SMILES string of the molecule is CC1=CC2CC(=N1)c1cnn(C)c1OCCC[C@@H](C1CC1)Cn1c(nc3ccc(NC4CC(O)C4)cc31)NC2=O. The summed E-state index contributed by atoms with van der Waals surface area (Å²) in [5, 5.41) is 20.9. The van der Waals surface area contributed by atoms with Gasteiger partial charge in [-0.15, -0.1) is 0 Å². The van der Waals surface area contributed by atoms with Crippen LogP contribution in [0.2, 0.25) is 0 Å². The van der Waals surface area contributed by atoms with E-state index in [4.69, 9.17) is 14.7 Å². The zero-order chi connectivity index (χ0) is 27.4. The van der Waals surface area contributed by atoms with E-state index in [1.54, 1.807) is 10.9 Å². The van der Waals surface area contributed by atoms with E-state index in [-0.39, 0.29) is 24.0 Å². The number of aliphatic hydroxyl groups is 1. The first-order valence-electron chi connectivity index (χ1n) is 14.6. The van der Waals surface area contributed by atoms with E-state index in [1.165, 1.54) is 12.8 Å². The fourth-order valence-electron chi connectivity index (χ4n) is 6.42. The van der Waals surface area contributed by atoms with Gasteiger partial charge in [0.15, 0.2) is 0 Å². The van der Waals surface area contributed by atoms with Crippen LogP contribution in [0.15, 0.2) is 41.2 Å². The average Bonchev–Trinajstić information content (AvgIpc) is 3.62. The van der Waals surface area contributed by atoms with Crippen LogP contribution in [0.5, 0.6) is 5.88 Å². The molecule has 210 valence electrons. The highest BCUT2D eigenvalue weighted by molar-refractivity contribution is 6.07. The first-order valence-corrected chi connectivity index (χ1v) is 14.6. The molecule has 2 fully saturated rings. The van der Waals surface area contributed by atoms with Crippen molar-refractivity contribution in [3.05, 3.63) is 41.7 Å². The minimum atomic E-state index is -0.375. The Morgan fingerprint density at radius 2 is 2.02 bits per heavy atom. The highest BCUT2D eigenvalue weighted by atomic mass is 16.5. The lowest BCUT2D eigenvalue weighted by Crippen LogP contribution is -2.38. The molecule has 2 bridgehead atoms. The molecule has 2 aliphatic carbocycles. The number of nitrogens with one attached hydrogen (secondary N) is 2. The minimum Gasteiger partial charge on any atom is -0.477 e. The Hall–Kier alpha value is -3.66. The number of anilines is 2. The van der Waals surface area contributed by atoms with Crippen LogP contribution in [0.3, 0.4) is 0 Å². The number of ether oxygens (including phenoxy) is 1. The van der Waals surface area contributed by atoms with Gasteiger partial charge in [0, 0.05) is 37.4 Å². The number of aliphatic imine (C=N–C) groups is 1. The smallest absolute Gasteiger partial charge is 0.234 e. The van der Waals surface area contributed by atoms with Gasteiger partial charge < -0.3 is 19.7 Å². The zero-order valence-corrected chi connectivity index (χ0v) is 23.1. The van der Waals surface area contributed by atoms with Crippen LogP contribution in [0.25, 0.3) is 11.0 Å². The van der Waals surface area contributed by atoms with Gasteiger partial charge in [-0.25, -0.2) is 9.67 Å². The average molecular weight is 544 g/mol. The van der Waals surface area contributed by atoms with Crippen LogP contribution in [-0.4, -0.2) is 54.8 Å². The lowest BCUT2D eigenvalue weighted by atomic mass is 9.89. The molecule has 2 aromatic heterocycles. The molecule has 0 radical (unpaired) electrons. The Morgan fingerprint density at radius 1 is 1.18 bits per heavy atom. The van der Waals surface area contributed by atoms with Crippen LogP contribution in [-0.2, 0) is 18.4 Å². The molecule has 1 amide bonds. The molecule has 40 heavy (non-hydrogen) atoms. The number of aliphatic hydroxyl groups excluding tert-OH is 1. The van der Waals surface area contributed by atoms with Crippen molar-refractivity contribution in [1.82, 2.24) is 19.3 Å². The predicted molar refractivity (Wildman–Crippen MR) is 154 cm³/mol. The zero-order valence-electron chi connectivity index (χ0n) is 23.1. The lowest BCUT2D eigenvalue weighted by molar-refractivity contribution is -0.118. The van der Waals surface area contributed by atoms with Gasteiger partial charge in [-0.05, 0) is 75.5 Å². The number of aromatic nitrogens is 4. The molecule has 0 spiro atoms. The molecule has 1 aromatic carbocycles. The van der Waals surface area contributed by atoms with Crippen molar-refractivity contribution in [2.45, 2.75) is 70.6 Å². The molecule has 10 nitrogen and oxygen atoms in total. The van der Waals surface area contributed by atoms with E-state index >= 15 is 0 Å². The quantitative estimate of drug-likeness (QED) is 0.454. The highest BCUT2D eigenvalue weighted by Crippen LogP contribution is 2.41. The van der Waals surface area contributed by atoms with Crippen LogP contribution < -0.4 is 15.4 Å². The molecule has 7 rings (SSSR count). The number of fused-ring (bicyclic) bond motifs is 7. The van der Waals surface area contributed by atoms with Crippen molar-refractivity contribution in [2.75, 3.05) is 17.2 Å². The summed E-state index contributed by atoms with van der Waals surface area (Å²) in [7, 11) is 1.89. The second kappa shape index (κ2) is 10.1. The summed E-state index contributed by atoms with van der Waals surface area (Å²) < 4.78 is 10.3. The molecule has 2 aliphatic heterocycles. The third-order valence-electron chi connectivity index (χ3n) is 8.83. The standard InChI is InChI=1S/C30H37N7O3/c1-17-10-20-11-26(32-17)24-15-31-36(2)29(24)40-9-3-4-19(18-5-6-18)16-37-27-14-21(33-22-12-23(38)13-22)7-8-25(27)34-30(37)35-28(20)39/h7-8,10,14-15,18-20,22-23,33,38H,3-6,9,11-13,16H2,1-2H3,(H,34,35,39)/t19-,20?,22?,23?/m1/s1. The number of hydrogen-bond donors (Lipinski definition) is 3. The van der Waals surface area contributed by atoms with Crippen molar-refractivity contribution in [2.24, 2.45) is 29.8 Å². The minimum absolute atomic E-state index is 0.0886. The number of rotatable bonds is 3. The van der Waals surface area contributed by atoms with Crippen molar-refractivity contribution in [3.63, 3.8) is 0 Å². The fourth-order valence-corrected chi connectivity index (χ4v) is 6.42. The van der Waals surface area contributed by atoms with Gasteiger partial charge in [0.2, 0.25) is 17.7 Å². The molecular formula is C30H37N7O3. The monoisotopic (exact) mass is 543 g/mol. The summed E-state index contributed by atoms with van der Waals surface area (Å²) in [6, 6.07) is 6.49. The van der Waals surface area contributed by atoms with Gasteiger partial charge in [-0.1, -0.05) is 6.08 Å². The predicted octanol–water partition coefficient (Wildman–Crippen LogP) is 4.26. The van der Waals surface area contributed by atoms with Crippen molar-refractivity contribution < 1.29 is 14.6 Å². The van der Waals surface area contributed by atoms with Crippen LogP contribution in [0, 0.1) is 17.8 Å². The number of benzene rings is 1. The molecule has 4 aliphatic rings. The van der Waals surface area contributed by atoms with Crippen molar-refractivity contribution in [1.29, 1.82) is 0 Å².